The summed E-state index contributed by atoms with van der Waals surface area (Å²) in [5, 5.41) is 0.822. The molecule has 0 unspecified atom stereocenters. The van der Waals surface area contributed by atoms with Crippen LogP contribution in [0.5, 0.6) is 0 Å². The molecular weight excluding hydrogens is 270 g/mol. The zero-order valence-corrected chi connectivity index (χ0v) is 12.4. The number of nitrogens with zero attached hydrogens (tertiary/aromatic N) is 2. The van der Waals surface area contributed by atoms with Crippen LogP contribution in [0.2, 0.25) is 0 Å². The molecule has 0 spiro atoms. The monoisotopic (exact) mass is 287 g/mol. The van der Waals surface area contributed by atoms with Gasteiger partial charge >= 0.3 is 0 Å². The smallest absolute Gasteiger partial charge is 0.151 e. The molecule has 0 atom stereocenters. The number of hydrogen-bond acceptors (Lipinski definition) is 4. The van der Waals surface area contributed by atoms with E-state index < -0.39 is 0 Å². The van der Waals surface area contributed by atoms with E-state index in [0.717, 1.165) is 33.3 Å². The summed E-state index contributed by atoms with van der Waals surface area (Å²) < 4.78 is 7.43. The Kier molecular flexibility index (Phi) is 3.46. The Morgan fingerprint density at radius 1 is 1.35 bits per heavy atom. The first-order valence-corrected chi connectivity index (χ1v) is 7.33. The predicted molar refractivity (Wildman–Crippen MR) is 84.1 cm³/mol. The van der Waals surface area contributed by atoms with Crippen molar-refractivity contribution in [3.63, 3.8) is 0 Å². The quantitative estimate of drug-likeness (QED) is 0.801. The highest BCUT2D eigenvalue weighted by Gasteiger charge is 2.16. The third-order valence-corrected chi connectivity index (χ3v) is 4.38. The molecule has 3 rings (SSSR count). The Morgan fingerprint density at radius 2 is 2.15 bits per heavy atom. The van der Waals surface area contributed by atoms with Gasteiger partial charge < -0.3 is 15.0 Å². The van der Waals surface area contributed by atoms with Crippen LogP contribution in [0, 0.1) is 6.92 Å². The van der Waals surface area contributed by atoms with Crippen molar-refractivity contribution in [2.45, 2.75) is 13.5 Å². The molecule has 2 N–H and O–H groups in total. The number of imidazole rings is 1. The third kappa shape index (κ3) is 2.19. The number of anilines is 1. The van der Waals surface area contributed by atoms with Gasteiger partial charge in [0.2, 0.25) is 0 Å². The molecule has 20 heavy (non-hydrogen) atoms. The number of thiophene rings is 1. The summed E-state index contributed by atoms with van der Waals surface area (Å²) >= 11 is 1.58. The zero-order chi connectivity index (χ0) is 14.1. The standard InChI is InChI=1S/C15H17N3OS/c1-10-9-13(16)20-14(10)15-17-11-5-3-4-6-12(11)18(15)7-8-19-2/h3-6,9H,7-8,16H2,1-2H3. The fraction of sp³-hybridized carbons (Fsp3) is 0.267. The number of fused-ring (bicyclic) bond motifs is 1. The van der Waals surface area contributed by atoms with Crippen LogP contribution in [0.15, 0.2) is 30.3 Å². The van der Waals surface area contributed by atoms with Crippen molar-refractivity contribution < 1.29 is 4.74 Å². The van der Waals surface area contributed by atoms with Crippen LogP contribution in [0.25, 0.3) is 21.7 Å². The fourth-order valence-electron chi connectivity index (χ4n) is 2.39. The second kappa shape index (κ2) is 5.26. The minimum Gasteiger partial charge on any atom is -0.391 e. The highest BCUT2D eigenvalue weighted by atomic mass is 32.1. The molecular formula is C15H17N3OS. The van der Waals surface area contributed by atoms with Gasteiger partial charge in [-0.1, -0.05) is 12.1 Å². The summed E-state index contributed by atoms with van der Waals surface area (Å²) in [6, 6.07) is 10.2. The van der Waals surface area contributed by atoms with Crippen molar-refractivity contribution >= 4 is 27.4 Å². The van der Waals surface area contributed by atoms with E-state index in [1.54, 1.807) is 18.4 Å². The first kappa shape index (κ1) is 13.1. The SMILES string of the molecule is COCCn1c(-c2sc(N)cc2C)nc2ccccc21. The number of nitrogens with two attached hydrogens (primary N) is 1. The lowest BCUT2D eigenvalue weighted by atomic mass is 10.3. The molecule has 4 nitrogen and oxygen atoms in total. The van der Waals surface area contributed by atoms with E-state index in [0.29, 0.717) is 6.61 Å². The first-order valence-electron chi connectivity index (χ1n) is 6.51. The van der Waals surface area contributed by atoms with Gasteiger partial charge in [0, 0.05) is 13.7 Å². The van der Waals surface area contributed by atoms with Crippen LogP contribution >= 0.6 is 11.3 Å². The van der Waals surface area contributed by atoms with Gasteiger partial charge in [0.25, 0.3) is 0 Å². The Labute approximate surface area is 121 Å². The number of para-hydroxylation sites is 2. The highest BCUT2D eigenvalue weighted by Crippen LogP contribution is 2.35. The molecule has 0 bridgehead atoms. The van der Waals surface area contributed by atoms with Gasteiger partial charge in [-0.05, 0) is 30.7 Å². The van der Waals surface area contributed by atoms with Crippen LogP contribution in [-0.4, -0.2) is 23.3 Å². The van der Waals surface area contributed by atoms with Crippen LogP contribution in [0.1, 0.15) is 5.56 Å². The summed E-state index contributed by atoms with van der Waals surface area (Å²) in [5.41, 5.74) is 9.22. The second-order valence-corrected chi connectivity index (χ2v) is 5.81. The zero-order valence-electron chi connectivity index (χ0n) is 11.6. The normalized spacial score (nSPS) is 11.3. The van der Waals surface area contributed by atoms with Crippen molar-refractivity contribution in [1.82, 2.24) is 9.55 Å². The van der Waals surface area contributed by atoms with Gasteiger partial charge in [0.15, 0.2) is 5.82 Å². The number of benzene rings is 1. The van der Waals surface area contributed by atoms with Gasteiger partial charge in [-0.2, -0.15) is 0 Å². The topological polar surface area (TPSA) is 53.1 Å². The van der Waals surface area contributed by atoms with E-state index >= 15 is 0 Å². The average molecular weight is 287 g/mol. The fourth-order valence-corrected chi connectivity index (χ4v) is 3.32. The Morgan fingerprint density at radius 3 is 2.85 bits per heavy atom. The van der Waals surface area contributed by atoms with Crippen molar-refractivity contribution in [1.29, 1.82) is 0 Å². The molecule has 0 aliphatic rings. The van der Waals surface area contributed by atoms with E-state index in [9.17, 15) is 0 Å². The molecule has 0 saturated heterocycles. The maximum atomic E-state index is 5.92. The highest BCUT2D eigenvalue weighted by molar-refractivity contribution is 7.19. The van der Waals surface area contributed by atoms with E-state index in [-0.39, 0.29) is 0 Å². The van der Waals surface area contributed by atoms with Crippen LogP contribution in [0.4, 0.5) is 5.00 Å². The summed E-state index contributed by atoms with van der Waals surface area (Å²) in [6.07, 6.45) is 0. The first-order chi connectivity index (χ1) is 9.70. The minimum atomic E-state index is 0.660. The van der Waals surface area contributed by atoms with E-state index in [4.69, 9.17) is 15.5 Å². The number of methoxy groups -OCH3 is 1. The van der Waals surface area contributed by atoms with Crippen molar-refractivity contribution in [2.75, 3.05) is 19.5 Å². The van der Waals surface area contributed by atoms with Crippen LogP contribution < -0.4 is 5.73 Å². The Bertz CT molecular complexity index is 745. The van der Waals surface area contributed by atoms with Crippen LogP contribution in [0.3, 0.4) is 0 Å². The molecule has 2 aromatic heterocycles. The molecule has 0 aliphatic heterocycles. The van der Waals surface area contributed by atoms with E-state index in [1.807, 2.05) is 24.3 Å². The number of hydrogen-bond donors (Lipinski definition) is 1. The number of aryl methyl sites for hydroxylation is 1. The summed E-state index contributed by atoms with van der Waals surface area (Å²) in [4.78, 5) is 5.91. The number of nitrogen functional groups attached to an aromatic ring is 1. The maximum Gasteiger partial charge on any atom is 0.151 e. The summed E-state index contributed by atoms with van der Waals surface area (Å²) in [5.74, 6) is 0.974. The molecule has 0 saturated carbocycles. The molecule has 104 valence electrons. The lowest BCUT2D eigenvalue weighted by Gasteiger charge is -2.08. The van der Waals surface area contributed by atoms with Gasteiger partial charge in [0.1, 0.15) is 0 Å². The molecule has 0 aliphatic carbocycles. The average Bonchev–Trinajstić information content (AvgIpc) is 2.96. The van der Waals surface area contributed by atoms with Crippen molar-refractivity contribution in [3.8, 4) is 10.7 Å². The summed E-state index contributed by atoms with van der Waals surface area (Å²) in [6.45, 7) is 3.51. The molecule has 0 amide bonds. The van der Waals surface area contributed by atoms with Gasteiger partial charge in [-0.3, -0.25) is 0 Å². The van der Waals surface area contributed by atoms with Crippen molar-refractivity contribution in [3.05, 3.63) is 35.9 Å². The number of aromatic nitrogens is 2. The predicted octanol–water partition coefficient (Wildman–Crippen LogP) is 3.30. The minimum absolute atomic E-state index is 0.660. The molecule has 0 fully saturated rings. The van der Waals surface area contributed by atoms with E-state index in [1.165, 1.54) is 5.56 Å². The van der Waals surface area contributed by atoms with Crippen LogP contribution in [-0.2, 0) is 11.3 Å². The lowest BCUT2D eigenvalue weighted by molar-refractivity contribution is 0.188. The van der Waals surface area contributed by atoms with Crippen molar-refractivity contribution in [2.24, 2.45) is 0 Å². The number of rotatable bonds is 4. The second-order valence-electron chi connectivity index (χ2n) is 4.73. The third-order valence-electron chi connectivity index (χ3n) is 3.31. The number of ether oxygens (including phenoxy) is 1. The molecule has 3 aromatic rings. The van der Waals surface area contributed by atoms with E-state index in [2.05, 4.69) is 17.6 Å². The Hall–Kier alpha value is -1.85. The summed E-state index contributed by atoms with van der Waals surface area (Å²) in [7, 11) is 1.72. The molecule has 0 radical (unpaired) electrons. The molecule has 1 aromatic carbocycles. The largest absolute Gasteiger partial charge is 0.391 e. The Balaban J connectivity index is 2.20. The molecule has 2 heterocycles. The van der Waals surface area contributed by atoms with Gasteiger partial charge in [-0.15, -0.1) is 11.3 Å². The maximum absolute atomic E-state index is 5.92. The van der Waals surface area contributed by atoms with Gasteiger partial charge in [0.05, 0.1) is 27.5 Å². The lowest BCUT2D eigenvalue weighted by Crippen LogP contribution is -2.05. The molecule has 5 heteroatoms. The van der Waals surface area contributed by atoms with Gasteiger partial charge in [-0.25, -0.2) is 4.98 Å².